The predicted molar refractivity (Wildman–Crippen MR) is 79.9 cm³/mol. The zero-order chi connectivity index (χ0) is 15.4. The Bertz CT molecular complexity index is 499. The van der Waals surface area contributed by atoms with E-state index in [1.165, 1.54) is 0 Å². The van der Waals surface area contributed by atoms with Crippen LogP contribution in [-0.4, -0.2) is 47.8 Å². The summed E-state index contributed by atoms with van der Waals surface area (Å²) in [5.74, 6) is 0.192. The van der Waals surface area contributed by atoms with Crippen LogP contribution in [0.25, 0.3) is 0 Å². The summed E-state index contributed by atoms with van der Waals surface area (Å²) in [7, 11) is 1.90. The van der Waals surface area contributed by atoms with Crippen molar-refractivity contribution in [1.29, 1.82) is 0 Å². The van der Waals surface area contributed by atoms with Gasteiger partial charge in [-0.25, -0.2) is 14.8 Å². The van der Waals surface area contributed by atoms with Crippen LogP contribution in [0.15, 0.2) is 6.20 Å². The second kappa shape index (κ2) is 6.85. The standard InChI is InChI=1S/C15H23N3O3/c1-10(2)14-16-8-12(13(17-14)15(19)20)18(3)9-11-4-6-21-7-5-11/h8,10-11H,4-7,9H2,1-3H3,(H,19,20). The molecule has 1 N–H and O–H groups in total. The van der Waals surface area contributed by atoms with Gasteiger partial charge in [-0.05, 0) is 18.8 Å². The van der Waals surface area contributed by atoms with Gasteiger partial charge in [0.1, 0.15) is 5.82 Å². The fourth-order valence-corrected chi connectivity index (χ4v) is 2.52. The molecule has 1 aliphatic heterocycles. The van der Waals surface area contributed by atoms with E-state index in [4.69, 9.17) is 4.74 Å². The van der Waals surface area contributed by atoms with E-state index in [9.17, 15) is 9.90 Å². The van der Waals surface area contributed by atoms with Gasteiger partial charge in [0.25, 0.3) is 0 Å². The monoisotopic (exact) mass is 293 g/mol. The number of hydrogen-bond acceptors (Lipinski definition) is 5. The van der Waals surface area contributed by atoms with Crippen LogP contribution in [-0.2, 0) is 4.74 Å². The Morgan fingerprint density at radius 3 is 2.71 bits per heavy atom. The van der Waals surface area contributed by atoms with Crippen molar-refractivity contribution in [2.24, 2.45) is 5.92 Å². The molecular weight excluding hydrogens is 270 g/mol. The van der Waals surface area contributed by atoms with Crippen LogP contribution in [0.1, 0.15) is 48.9 Å². The fourth-order valence-electron chi connectivity index (χ4n) is 2.52. The number of ether oxygens (including phenoxy) is 1. The largest absolute Gasteiger partial charge is 0.476 e. The van der Waals surface area contributed by atoms with Gasteiger partial charge in [-0.15, -0.1) is 0 Å². The summed E-state index contributed by atoms with van der Waals surface area (Å²) in [4.78, 5) is 21.9. The maximum Gasteiger partial charge on any atom is 0.356 e. The van der Waals surface area contributed by atoms with Crippen LogP contribution < -0.4 is 4.90 Å². The summed E-state index contributed by atoms with van der Waals surface area (Å²) in [6.45, 7) is 6.27. The van der Waals surface area contributed by atoms with Crippen LogP contribution in [0.4, 0.5) is 5.69 Å². The van der Waals surface area contributed by atoms with Crippen LogP contribution in [0.3, 0.4) is 0 Å². The molecule has 0 aromatic carbocycles. The molecule has 0 atom stereocenters. The molecule has 1 fully saturated rings. The zero-order valence-corrected chi connectivity index (χ0v) is 12.9. The lowest BCUT2D eigenvalue weighted by molar-refractivity contribution is 0.0675. The highest BCUT2D eigenvalue weighted by Gasteiger charge is 2.21. The molecule has 21 heavy (non-hydrogen) atoms. The lowest BCUT2D eigenvalue weighted by Gasteiger charge is -2.28. The molecule has 0 saturated carbocycles. The first kappa shape index (κ1) is 15.7. The van der Waals surface area contributed by atoms with E-state index in [2.05, 4.69) is 9.97 Å². The minimum absolute atomic E-state index is 0.0864. The van der Waals surface area contributed by atoms with Crippen molar-refractivity contribution in [1.82, 2.24) is 9.97 Å². The van der Waals surface area contributed by atoms with E-state index >= 15 is 0 Å². The Hall–Kier alpha value is -1.69. The molecule has 0 amide bonds. The van der Waals surface area contributed by atoms with E-state index in [0.29, 0.717) is 17.4 Å². The van der Waals surface area contributed by atoms with Gasteiger partial charge in [-0.3, -0.25) is 0 Å². The molecule has 0 aliphatic carbocycles. The third-order valence-corrected chi connectivity index (χ3v) is 3.79. The summed E-state index contributed by atoms with van der Waals surface area (Å²) in [5, 5.41) is 9.39. The van der Waals surface area contributed by atoms with Gasteiger partial charge in [-0.2, -0.15) is 0 Å². The number of nitrogens with zero attached hydrogens (tertiary/aromatic N) is 3. The van der Waals surface area contributed by atoms with Crippen molar-refractivity contribution in [3.8, 4) is 0 Å². The van der Waals surface area contributed by atoms with Gasteiger partial charge >= 0.3 is 5.97 Å². The average molecular weight is 293 g/mol. The Balaban J connectivity index is 2.18. The molecule has 1 aromatic heterocycles. The predicted octanol–water partition coefficient (Wildman–Crippen LogP) is 2.16. The first-order chi connectivity index (χ1) is 9.99. The number of aromatic nitrogens is 2. The third kappa shape index (κ3) is 3.91. The SMILES string of the molecule is CC(C)c1ncc(N(C)CC2CCOCC2)c(C(=O)O)n1. The summed E-state index contributed by atoms with van der Waals surface area (Å²) in [6, 6.07) is 0. The second-order valence-electron chi connectivity index (χ2n) is 5.86. The zero-order valence-electron chi connectivity index (χ0n) is 12.9. The van der Waals surface area contributed by atoms with Crippen LogP contribution in [0.2, 0.25) is 0 Å². The van der Waals surface area contributed by atoms with Crippen molar-refractivity contribution < 1.29 is 14.6 Å². The van der Waals surface area contributed by atoms with Gasteiger partial charge in [0.05, 0.1) is 11.9 Å². The first-order valence-electron chi connectivity index (χ1n) is 7.38. The Labute approximate surface area is 125 Å². The molecule has 116 valence electrons. The number of carbonyl (C=O) groups is 1. The molecule has 1 saturated heterocycles. The normalized spacial score (nSPS) is 16.2. The number of carboxylic acids is 1. The van der Waals surface area contributed by atoms with E-state index in [1.54, 1.807) is 6.20 Å². The minimum atomic E-state index is -1.01. The highest BCUT2D eigenvalue weighted by atomic mass is 16.5. The highest BCUT2D eigenvalue weighted by molar-refractivity contribution is 5.91. The van der Waals surface area contributed by atoms with Gasteiger partial charge in [0.2, 0.25) is 0 Å². The topological polar surface area (TPSA) is 75.6 Å². The molecular formula is C15H23N3O3. The van der Waals surface area contributed by atoms with Crippen molar-refractivity contribution in [3.63, 3.8) is 0 Å². The maximum atomic E-state index is 11.5. The van der Waals surface area contributed by atoms with E-state index in [0.717, 1.165) is 32.6 Å². The van der Waals surface area contributed by atoms with E-state index in [-0.39, 0.29) is 11.6 Å². The summed E-state index contributed by atoms with van der Waals surface area (Å²) >= 11 is 0. The highest BCUT2D eigenvalue weighted by Crippen LogP contribution is 2.23. The smallest absolute Gasteiger partial charge is 0.356 e. The van der Waals surface area contributed by atoms with Gasteiger partial charge in [-0.1, -0.05) is 13.8 Å². The van der Waals surface area contributed by atoms with E-state index < -0.39 is 5.97 Å². The number of carboxylic acid groups (broad SMARTS) is 1. The van der Waals surface area contributed by atoms with Gasteiger partial charge in [0.15, 0.2) is 5.69 Å². The van der Waals surface area contributed by atoms with Crippen molar-refractivity contribution in [3.05, 3.63) is 17.7 Å². The molecule has 2 rings (SSSR count). The Kier molecular flexibility index (Phi) is 5.12. The molecule has 1 aromatic rings. The van der Waals surface area contributed by atoms with Gasteiger partial charge < -0.3 is 14.7 Å². The third-order valence-electron chi connectivity index (χ3n) is 3.79. The van der Waals surface area contributed by atoms with Crippen molar-refractivity contribution >= 4 is 11.7 Å². The number of rotatable bonds is 5. The number of anilines is 1. The van der Waals surface area contributed by atoms with Crippen LogP contribution in [0, 0.1) is 5.92 Å². The first-order valence-corrected chi connectivity index (χ1v) is 7.38. The van der Waals surface area contributed by atoms with Crippen LogP contribution in [0.5, 0.6) is 0 Å². The average Bonchev–Trinajstić information content (AvgIpc) is 2.47. The van der Waals surface area contributed by atoms with Gasteiger partial charge in [0, 0.05) is 32.7 Å². The summed E-state index contributed by atoms with van der Waals surface area (Å²) in [5.41, 5.74) is 0.668. The minimum Gasteiger partial charge on any atom is -0.476 e. The molecule has 0 radical (unpaired) electrons. The molecule has 2 heterocycles. The fraction of sp³-hybridized carbons (Fsp3) is 0.667. The van der Waals surface area contributed by atoms with E-state index in [1.807, 2.05) is 25.8 Å². The molecule has 0 unspecified atom stereocenters. The summed E-state index contributed by atoms with van der Waals surface area (Å²) in [6.07, 6.45) is 3.65. The summed E-state index contributed by atoms with van der Waals surface area (Å²) < 4.78 is 5.35. The molecule has 6 nitrogen and oxygen atoms in total. The molecule has 0 bridgehead atoms. The molecule has 0 spiro atoms. The van der Waals surface area contributed by atoms with Crippen molar-refractivity contribution in [2.75, 3.05) is 31.7 Å². The lowest BCUT2D eigenvalue weighted by Crippen LogP contribution is -2.31. The Morgan fingerprint density at radius 1 is 1.48 bits per heavy atom. The quantitative estimate of drug-likeness (QED) is 0.896. The molecule has 1 aliphatic rings. The lowest BCUT2D eigenvalue weighted by atomic mass is 9.99. The molecule has 6 heteroatoms. The van der Waals surface area contributed by atoms with Crippen molar-refractivity contribution in [2.45, 2.75) is 32.6 Å². The Morgan fingerprint density at radius 2 is 2.14 bits per heavy atom. The van der Waals surface area contributed by atoms with Crippen LogP contribution >= 0.6 is 0 Å². The second-order valence-corrected chi connectivity index (χ2v) is 5.86. The maximum absolute atomic E-state index is 11.5. The number of aromatic carboxylic acids is 1. The number of hydrogen-bond donors (Lipinski definition) is 1.